The molecule has 0 radical (unpaired) electrons. The van der Waals surface area contributed by atoms with Gasteiger partial charge in [0, 0.05) is 19.0 Å². The zero-order valence-electron chi connectivity index (χ0n) is 22.0. The summed E-state index contributed by atoms with van der Waals surface area (Å²) in [6.07, 6.45) is 15.1. The minimum Gasteiger partial charge on any atom is -0.289 e. The molecule has 0 heterocycles. The maximum Gasteiger partial charge on any atom is 0.189 e. The molecule has 1 heteroatoms. The average Bonchev–Trinajstić information content (AvgIpc) is 3.17. The van der Waals surface area contributed by atoms with Gasteiger partial charge < -0.3 is 0 Å². The number of Topliss-reactive ketones (excluding diaryl/α,β-unsaturated/α-hetero) is 1. The maximum atomic E-state index is 13.3. The number of allylic oxidation sites excluding steroid dienone is 3. The second-order valence-electron chi connectivity index (χ2n) is 9.98. The molecule has 184 valence electrons. The second kappa shape index (κ2) is 12.9. The zero-order valence-corrected chi connectivity index (χ0v) is 22.0. The number of unbranched alkanes of at least 4 members (excludes halogenated alkanes) is 1. The Morgan fingerprint density at radius 2 is 1.68 bits per heavy atom. The summed E-state index contributed by atoms with van der Waals surface area (Å²) in [5, 5.41) is 0. The Morgan fingerprint density at radius 1 is 0.941 bits per heavy atom. The first kappa shape index (κ1) is 26.2. The van der Waals surface area contributed by atoms with Crippen LogP contribution in [0.2, 0.25) is 0 Å². The Labute approximate surface area is 209 Å². The highest BCUT2D eigenvalue weighted by molar-refractivity contribution is 6.14. The number of carbonyl (C=O) groups is 1. The molecule has 2 aromatic carbocycles. The average molecular weight is 459 g/mol. The Hall–Kier alpha value is -2.41. The van der Waals surface area contributed by atoms with Crippen molar-refractivity contribution in [2.24, 2.45) is 5.92 Å². The predicted octanol–water partition coefficient (Wildman–Crippen LogP) is 9.37. The van der Waals surface area contributed by atoms with Crippen LogP contribution in [0.5, 0.6) is 0 Å². The summed E-state index contributed by atoms with van der Waals surface area (Å²) in [4.78, 5) is 13.3. The van der Waals surface area contributed by atoms with Crippen molar-refractivity contribution in [2.45, 2.75) is 98.3 Å². The molecule has 0 bridgehead atoms. The molecule has 0 saturated heterocycles. The molecule has 1 unspecified atom stereocenters. The molecule has 1 aliphatic carbocycles. The van der Waals surface area contributed by atoms with Crippen LogP contribution < -0.4 is 0 Å². The Bertz CT molecular complexity index is 1030. The first-order chi connectivity index (χ1) is 16.5. The van der Waals surface area contributed by atoms with Gasteiger partial charge in [0.05, 0.1) is 0 Å². The fourth-order valence-electron chi connectivity index (χ4n) is 5.69. The largest absolute Gasteiger partial charge is 0.289 e. The molecule has 0 aromatic heterocycles. The van der Waals surface area contributed by atoms with Crippen molar-refractivity contribution in [1.29, 1.82) is 0 Å². The van der Waals surface area contributed by atoms with Crippen molar-refractivity contribution in [1.82, 2.24) is 0 Å². The van der Waals surface area contributed by atoms with Gasteiger partial charge in [-0.1, -0.05) is 109 Å². The van der Waals surface area contributed by atoms with Gasteiger partial charge in [0.25, 0.3) is 0 Å². The Morgan fingerprint density at radius 3 is 2.38 bits per heavy atom. The molecule has 0 saturated carbocycles. The van der Waals surface area contributed by atoms with Gasteiger partial charge in [-0.25, -0.2) is 0 Å². The highest BCUT2D eigenvalue weighted by Gasteiger charge is 2.28. The van der Waals surface area contributed by atoms with Crippen LogP contribution in [-0.4, -0.2) is 5.78 Å². The van der Waals surface area contributed by atoms with Gasteiger partial charge in [-0.2, -0.15) is 0 Å². The molecule has 0 fully saturated rings. The minimum absolute atomic E-state index is 0. The van der Waals surface area contributed by atoms with Crippen LogP contribution in [0.15, 0.2) is 54.6 Å². The lowest BCUT2D eigenvalue weighted by atomic mass is 9.88. The summed E-state index contributed by atoms with van der Waals surface area (Å²) in [5.74, 6) is 1.05. The fourth-order valence-corrected chi connectivity index (χ4v) is 5.69. The minimum atomic E-state index is 0. The number of ketones is 1. The predicted molar refractivity (Wildman–Crippen MR) is 150 cm³/mol. The molecule has 1 atom stereocenters. The quantitative estimate of drug-likeness (QED) is 0.273. The standard InChI is InChI=1S/C33H44O.H2/c1-6-10-15-25(14-7-2)16-13-19-30-27(9-4)20-21-31-32(30)23-28(33(31)34)22-24(5)29-18-12-11-17-26(29)8-3;/h11-12,17-18,20-22,25H,5-10,13-16,19,23H2,1-4H3;1H/b28-22+;. The Balaban J connectivity index is 0.00000432. The SMILES string of the molecule is C=C(/C=C1\Cc2c(ccc(CC)c2CCCC(CCC)CCCC)C1=O)c1ccccc1CC.[HH]. The maximum absolute atomic E-state index is 13.3. The first-order valence-corrected chi connectivity index (χ1v) is 13.7. The van der Waals surface area contributed by atoms with E-state index in [9.17, 15) is 4.79 Å². The van der Waals surface area contributed by atoms with Gasteiger partial charge in [0.2, 0.25) is 0 Å². The smallest absolute Gasteiger partial charge is 0.189 e. The number of aryl methyl sites for hydroxylation is 2. The lowest BCUT2D eigenvalue weighted by Crippen LogP contribution is -2.05. The lowest BCUT2D eigenvalue weighted by molar-refractivity contribution is 0.103. The molecule has 1 aliphatic rings. The van der Waals surface area contributed by atoms with E-state index < -0.39 is 0 Å². The first-order valence-electron chi connectivity index (χ1n) is 13.7. The van der Waals surface area contributed by atoms with E-state index in [1.807, 2.05) is 6.08 Å². The second-order valence-corrected chi connectivity index (χ2v) is 9.98. The van der Waals surface area contributed by atoms with Crippen molar-refractivity contribution < 1.29 is 6.22 Å². The summed E-state index contributed by atoms with van der Waals surface area (Å²) >= 11 is 0. The van der Waals surface area contributed by atoms with Gasteiger partial charge in [-0.05, 0) is 71.1 Å². The van der Waals surface area contributed by atoms with Crippen molar-refractivity contribution in [3.8, 4) is 0 Å². The van der Waals surface area contributed by atoms with E-state index in [1.165, 1.54) is 67.2 Å². The van der Waals surface area contributed by atoms with Gasteiger partial charge in [-0.15, -0.1) is 0 Å². The van der Waals surface area contributed by atoms with E-state index >= 15 is 0 Å². The summed E-state index contributed by atoms with van der Waals surface area (Å²) in [5.41, 5.74) is 9.36. The molecule has 2 aromatic rings. The van der Waals surface area contributed by atoms with Gasteiger partial charge >= 0.3 is 0 Å². The van der Waals surface area contributed by atoms with E-state index in [2.05, 4.69) is 70.7 Å². The summed E-state index contributed by atoms with van der Waals surface area (Å²) in [6, 6.07) is 12.7. The van der Waals surface area contributed by atoms with Gasteiger partial charge in [0.15, 0.2) is 5.78 Å². The number of rotatable bonds is 13. The van der Waals surface area contributed by atoms with Gasteiger partial charge in [0.1, 0.15) is 0 Å². The van der Waals surface area contributed by atoms with Crippen molar-refractivity contribution in [3.63, 3.8) is 0 Å². The van der Waals surface area contributed by atoms with Crippen molar-refractivity contribution in [3.05, 3.63) is 88.0 Å². The van der Waals surface area contributed by atoms with E-state index in [4.69, 9.17) is 0 Å². The zero-order chi connectivity index (χ0) is 24.5. The van der Waals surface area contributed by atoms with E-state index in [0.717, 1.165) is 53.9 Å². The molecule has 3 rings (SSSR count). The molecule has 0 aliphatic heterocycles. The topological polar surface area (TPSA) is 17.1 Å². The van der Waals surface area contributed by atoms with Crippen LogP contribution in [0, 0.1) is 5.92 Å². The van der Waals surface area contributed by atoms with E-state index in [0.29, 0.717) is 0 Å². The number of hydrogen-bond donors (Lipinski definition) is 0. The summed E-state index contributed by atoms with van der Waals surface area (Å²) < 4.78 is 0. The fraction of sp³-hybridized carbons (Fsp3) is 0.485. The number of fused-ring (bicyclic) bond motifs is 1. The number of benzene rings is 2. The lowest BCUT2D eigenvalue weighted by Gasteiger charge is -2.17. The molecule has 1 nitrogen and oxygen atoms in total. The molecule has 0 spiro atoms. The molecular formula is C33H46O. The van der Waals surface area contributed by atoms with Crippen molar-refractivity contribution >= 4 is 11.4 Å². The van der Waals surface area contributed by atoms with Crippen LogP contribution in [0.4, 0.5) is 0 Å². The summed E-state index contributed by atoms with van der Waals surface area (Å²) in [7, 11) is 0. The molecular weight excluding hydrogens is 412 g/mol. The monoisotopic (exact) mass is 458 g/mol. The number of carbonyl (C=O) groups excluding carboxylic acids is 1. The third kappa shape index (κ3) is 6.17. The van der Waals surface area contributed by atoms with Crippen LogP contribution >= 0.6 is 0 Å². The van der Waals surface area contributed by atoms with Crippen LogP contribution in [0.3, 0.4) is 0 Å². The normalized spacial score (nSPS) is 15.1. The van der Waals surface area contributed by atoms with E-state index in [-0.39, 0.29) is 7.21 Å². The van der Waals surface area contributed by atoms with Gasteiger partial charge in [-0.3, -0.25) is 4.79 Å². The molecule has 0 amide bonds. The summed E-state index contributed by atoms with van der Waals surface area (Å²) in [6.45, 7) is 13.3. The van der Waals surface area contributed by atoms with Crippen molar-refractivity contribution in [2.75, 3.05) is 0 Å². The Kier molecular flexibility index (Phi) is 9.93. The highest BCUT2D eigenvalue weighted by Crippen LogP contribution is 2.34. The van der Waals surface area contributed by atoms with Crippen LogP contribution in [-0.2, 0) is 25.7 Å². The highest BCUT2D eigenvalue weighted by atomic mass is 16.1. The van der Waals surface area contributed by atoms with Crippen LogP contribution in [0.25, 0.3) is 5.57 Å². The van der Waals surface area contributed by atoms with E-state index in [1.54, 1.807) is 0 Å². The molecule has 34 heavy (non-hydrogen) atoms. The molecule has 0 N–H and O–H groups in total. The van der Waals surface area contributed by atoms with Crippen LogP contribution in [0.1, 0.15) is 112 Å². The third-order valence-corrected chi connectivity index (χ3v) is 7.61. The number of hydrogen-bond acceptors (Lipinski definition) is 1. The third-order valence-electron chi connectivity index (χ3n) is 7.61.